The van der Waals surface area contributed by atoms with Crippen LogP contribution in [0.1, 0.15) is 0 Å². The smallest absolute Gasteiger partial charge is 0.0719 e. The summed E-state index contributed by atoms with van der Waals surface area (Å²) < 4.78 is 5.03. The van der Waals surface area contributed by atoms with Crippen molar-refractivity contribution < 1.29 is 0 Å². The summed E-state index contributed by atoms with van der Waals surface area (Å²) in [4.78, 5) is 0. The Balaban J connectivity index is 1.88. The highest BCUT2D eigenvalue weighted by molar-refractivity contribution is 7.26. The van der Waals surface area contributed by atoms with Gasteiger partial charge in [0.25, 0.3) is 0 Å². The van der Waals surface area contributed by atoms with E-state index in [1.54, 1.807) is 0 Å². The first-order valence-electron chi connectivity index (χ1n) is 8.90. The van der Waals surface area contributed by atoms with Crippen LogP contribution in [0.2, 0.25) is 5.02 Å². The molecule has 0 saturated heterocycles. The van der Waals surface area contributed by atoms with E-state index in [1.165, 1.54) is 42.0 Å². The zero-order chi connectivity index (χ0) is 18.0. The lowest BCUT2D eigenvalue weighted by Crippen LogP contribution is -1.93. The van der Waals surface area contributed by atoms with Gasteiger partial charge < -0.3 is 4.57 Å². The predicted octanol–water partition coefficient (Wildman–Crippen LogP) is 7.81. The quantitative estimate of drug-likeness (QED) is 0.273. The maximum atomic E-state index is 6.15. The minimum absolute atomic E-state index is 0.756. The molecule has 0 bridgehead atoms. The third-order valence-corrected chi connectivity index (χ3v) is 6.71. The molecule has 0 N–H and O–H groups in total. The molecule has 0 atom stereocenters. The zero-order valence-corrected chi connectivity index (χ0v) is 15.9. The number of benzene rings is 4. The topological polar surface area (TPSA) is 4.93 Å². The minimum Gasteiger partial charge on any atom is -0.308 e. The van der Waals surface area contributed by atoms with Gasteiger partial charge in [0.2, 0.25) is 0 Å². The summed E-state index contributed by atoms with van der Waals surface area (Å²) in [6.45, 7) is 0. The van der Waals surface area contributed by atoms with Gasteiger partial charge in [-0.1, -0.05) is 60.1 Å². The minimum atomic E-state index is 0.756. The van der Waals surface area contributed by atoms with Gasteiger partial charge >= 0.3 is 0 Å². The molecule has 0 aliphatic rings. The second kappa shape index (κ2) is 5.59. The van der Waals surface area contributed by atoms with Crippen LogP contribution in [0.25, 0.3) is 47.7 Å². The molecule has 128 valence electrons. The molecule has 0 amide bonds. The monoisotopic (exact) mass is 383 g/mol. The van der Waals surface area contributed by atoms with E-state index in [0.717, 1.165) is 10.7 Å². The van der Waals surface area contributed by atoms with Crippen LogP contribution in [0.15, 0.2) is 84.9 Å². The van der Waals surface area contributed by atoms with Gasteiger partial charge in [-0.15, -0.1) is 11.3 Å². The van der Waals surface area contributed by atoms with Gasteiger partial charge in [-0.05, 0) is 36.4 Å². The van der Waals surface area contributed by atoms with Crippen LogP contribution in [0, 0.1) is 0 Å². The molecule has 0 unspecified atom stereocenters. The third kappa shape index (κ3) is 2.11. The second-order valence-corrected chi connectivity index (χ2v) is 8.25. The molecule has 0 spiro atoms. The number of hydrogen-bond donors (Lipinski definition) is 0. The Kier molecular flexibility index (Phi) is 3.16. The summed E-state index contributed by atoms with van der Waals surface area (Å²) in [5.41, 5.74) is 3.63. The molecule has 1 nitrogen and oxygen atoms in total. The van der Waals surface area contributed by atoms with E-state index in [2.05, 4.69) is 77.4 Å². The number of halogens is 1. The summed E-state index contributed by atoms with van der Waals surface area (Å²) in [5, 5.41) is 5.97. The van der Waals surface area contributed by atoms with Crippen molar-refractivity contribution in [1.82, 2.24) is 4.57 Å². The summed E-state index contributed by atoms with van der Waals surface area (Å²) in [7, 11) is 0. The standard InChI is InChI=1S/C24H14ClNS/c25-15-9-11-16(12-10-15)26-21-7-3-1-5-17(21)19-13-14-20-18-6-2-4-8-22(18)27-24(20)23(19)26/h1-14H. The highest BCUT2D eigenvalue weighted by atomic mass is 35.5. The lowest BCUT2D eigenvalue weighted by atomic mass is 10.1. The number of nitrogens with zero attached hydrogens (tertiary/aromatic N) is 1. The predicted molar refractivity (Wildman–Crippen MR) is 119 cm³/mol. The van der Waals surface area contributed by atoms with Crippen molar-refractivity contribution in [2.75, 3.05) is 0 Å². The average Bonchev–Trinajstić information content (AvgIpc) is 3.24. The summed E-state index contributed by atoms with van der Waals surface area (Å²) in [6, 6.07) is 29.9. The van der Waals surface area contributed by atoms with Crippen LogP contribution < -0.4 is 0 Å². The van der Waals surface area contributed by atoms with E-state index in [4.69, 9.17) is 11.6 Å². The first-order chi connectivity index (χ1) is 13.3. The normalized spacial score (nSPS) is 11.9. The van der Waals surface area contributed by atoms with Crippen LogP contribution in [0.5, 0.6) is 0 Å². The molecule has 2 heterocycles. The van der Waals surface area contributed by atoms with Crippen LogP contribution in [-0.4, -0.2) is 4.57 Å². The SMILES string of the molecule is Clc1ccc(-n2c3ccccc3c3ccc4c5ccccc5sc4c32)cc1. The third-order valence-electron chi connectivity index (χ3n) is 5.26. The van der Waals surface area contributed by atoms with E-state index in [0.29, 0.717) is 0 Å². The largest absolute Gasteiger partial charge is 0.308 e. The van der Waals surface area contributed by atoms with Crippen molar-refractivity contribution in [3.05, 3.63) is 90.0 Å². The molecule has 6 rings (SSSR count). The van der Waals surface area contributed by atoms with Crippen molar-refractivity contribution in [1.29, 1.82) is 0 Å². The molecule has 0 aliphatic heterocycles. The van der Waals surface area contributed by atoms with Gasteiger partial charge in [0.15, 0.2) is 0 Å². The Labute approximate surface area is 165 Å². The van der Waals surface area contributed by atoms with Crippen LogP contribution in [-0.2, 0) is 0 Å². The van der Waals surface area contributed by atoms with Gasteiger partial charge in [0, 0.05) is 37.0 Å². The number of para-hydroxylation sites is 1. The number of fused-ring (bicyclic) bond motifs is 7. The maximum absolute atomic E-state index is 6.15. The average molecular weight is 384 g/mol. The molecule has 0 saturated carbocycles. The molecule has 2 aromatic heterocycles. The molecule has 27 heavy (non-hydrogen) atoms. The van der Waals surface area contributed by atoms with E-state index < -0.39 is 0 Å². The molecule has 3 heteroatoms. The zero-order valence-electron chi connectivity index (χ0n) is 14.3. The van der Waals surface area contributed by atoms with Gasteiger partial charge in [-0.25, -0.2) is 0 Å². The molecule has 0 fully saturated rings. The molecule has 4 aromatic carbocycles. The Morgan fingerprint density at radius 1 is 0.630 bits per heavy atom. The number of aromatic nitrogens is 1. The highest BCUT2D eigenvalue weighted by Crippen LogP contribution is 2.42. The van der Waals surface area contributed by atoms with Crippen molar-refractivity contribution in [3.8, 4) is 5.69 Å². The highest BCUT2D eigenvalue weighted by Gasteiger charge is 2.17. The summed E-state index contributed by atoms with van der Waals surface area (Å²) in [5.74, 6) is 0. The molecule has 0 aliphatic carbocycles. The Bertz CT molecular complexity index is 1470. The summed E-state index contributed by atoms with van der Waals surface area (Å²) >= 11 is 8.02. The van der Waals surface area contributed by atoms with Gasteiger partial charge in [0.05, 0.1) is 15.7 Å². The molecule has 6 aromatic rings. The molecule has 0 radical (unpaired) electrons. The van der Waals surface area contributed by atoms with Crippen LogP contribution >= 0.6 is 22.9 Å². The van der Waals surface area contributed by atoms with Crippen LogP contribution in [0.3, 0.4) is 0 Å². The maximum Gasteiger partial charge on any atom is 0.0719 e. The summed E-state index contributed by atoms with van der Waals surface area (Å²) in [6.07, 6.45) is 0. The fourth-order valence-corrected chi connectivity index (χ4v) is 5.46. The Morgan fingerprint density at radius 2 is 1.33 bits per heavy atom. The van der Waals surface area contributed by atoms with Gasteiger partial charge in [0.1, 0.15) is 0 Å². The fraction of sp³-hybridized carbons (Fsp3) is 0. The number of hydrogen-bond acceptors (Lipinski definition) is 1. The Hall–Kier alpha value is -2.81. The first-order valence-corrected chi connectivity index (χ1v) is 10.1. The van der Waals surface area contributed by atoms with Crippen molar-refractivity contribution >= 4 is 64.9 Å². The lowest BCUT2D eigenvalue weighted by Gasteiger charge is -2.08. The van der Waals surface area contributed by atoms with Crippen molar-refractivity contribution in [3.63, 3.8) is 0 Å². The van der Waals surface area contributed by atoms with Gasteiger partial charge in [-0.3, -0.25) is 0 Å². The molecular formula is C24H14ClNS. The number of thiophene rings is 1. The van der Waals surface area contributed by atoms with Crippen molar-refractivity contribution in [2.45, 2.75) is 0 Å². The van der Waals surface area contributed by atoms with Crippen molar-refractivity contribution in [2.24, 2.45) is 0 Å². The van der Waals surface area contributed by atoms with E-state index in [9.17, 15) is 0 Å². The van der Waals surface area contributed by atoms with E-state index >= 15 is 0 Å². The fourth-order valence-electron chi connectivity index (χ4n) is 4.09. The molecular weight excluding hydrogens is 370 g/mol. The first kappa shape index (κ1) is 15.3. The van der Waals surface area contributed by atoms with Gasteiger partial charge in [-0.2, -0.15) is 0 Å². The Morgan fingerprint density at radius 3 is 2.19 bits per heavy atom. The van der Waals surface area contributed by atoms with E-state index in [-0.39, 0.29) is 0 Å². The van der Waals surface area contributed by atoms with Crippen LogP contribution in [0.4, 0.5) is 0 Å². The lowest BCUT2D eigenvalue weighted by molar-refractivity contribution is 1.19. The second-order valence-electron chi connectivity index (χ2n) is 6.77. The van der Waals surface area contributed by atoms with E-state index in [1.807, 2.05) is 23.5 Å². The number of rotatable bonds is 1.